The fourth-order valence-corrected chi connectivity index (χ4v) is 5.01. The van der Waals surface area contributed by atoms with Crippen LogP contribution in [-0.2, 0) is 20.2 Å². The summed E-state index contributed by atoms with van der Waals surface area (Å²) in [4.78, 5) is 13.9. The fraction of sp³-hybridized carbons (Fsp3) is 0.250. The third-order valence-corrected chi connectivity index (χ3v) is 7.11. The van der Waals surface area contributed by atoms with Gasteiger partial charge in [-0.2, -0.15) is 18.8 Å². The SMILES string of the molecule is C=CCN(CC=C)c1ccc(N=Nc2c(C#N)c(C(C)(C)C)nn2S(=O)(=O)c2ccccc2)c(NC(C)=O)c1. The Morgan fingerprint density at radius 3 is 2.31 bits per heavy atom. The Bertz CT molecular complexity index is 1550. The third kappa shape index (κ3) is 6.48. The van der Waals surface area contributed by atoms with Crippen LogP contribution in [0.25, 0.3) is 0 Å². The molecule has 10 nitrogen and oxygen atoms in total. The van der Waals surface area contributed by atoms with E-state index < -0.39 is 15.4 Å². The Morgan fingerprint density at radius 1 is 1.13 bits per heavy atom. The third-order valence-electron chi connectivity index (χ3n) is 5.53. The van der Waals surface area contributed by atoms with E-state index in [9.17, 15) is 18.5 Å². The molecule has 2 aromatic carbocycles. The Labute approximate surface area is 229 Å². The molecule has 0 saturated carbocycles. The highest BCUT2D eigenvalue weighted by Crippen LogP contribution is 2.36. The second-order valence-corrected chi connectivity index (χ2v) is 11.4. The van der Waals surface area contributed by atoms with Crippen molar-refractivity contribution in [3.63, 3.8) is 0 Å². The van der Waals surface area contributed by atoms with E-state index >= 15 is 0 Å². The van der Waals surface area contributed by atoms with E-state index in [1.54, 1.807) is 48.6 Å². The Kier molecular flexibility index (Phi) is 8.83. The Hall–Kier alpha value is -4.56. The summed E-state index contributed by atoms with van der Waals surface area (Å²) in [6.07, 6.45) is 3.50. The summed E-state index contributed by atoms with van der Waals surface area (Å²) in [5.41, 5.74) is 0.995. The van der Waals surface area contributed by atoms with Gasteiger partial charge in [-0.05, 0) is 30.3 Å². The molecule has 0 saturated heterocycles. The van der Waals surface area contributed by atoms with Crippen molar-refractivity contribution in [1.29, 1.82) is 5.26 Å². The molecule has 0 radical (unpaired) electrons. The number of nitrogens with zero attached hydrogens (tertiary/aromatic N) is 6. The van der Waals surface area contributed by atoms with Crippen LogP contribution in [0.5, 0.6) is 0 Å². The number of anilines is 2. The fourth-order valence-electron chi connectivity index (χ4n) is 3.76. The lowest BCUT2D eigenvalue weighted by atomic mass is 9.90. The molecular weight excluding hydrogens is 514 g/mol. The van der Waals surface area contributed by atoms with Crippen molar-refractivity contribution < 1.29 is 13.2 Å². The summed E-state index contributed by atoms with van der Waals surface area (Å²) < 4.78 is 27.8. The summed E-state index contributed by atoms with van der Waals surface area (Å²) in [5.74, 6) is -0.559. The van der Waals surface area contributed by atoms with Crippen LogP contribution in [0, 0.1) is 11.3 Å². The molecule has 0 unspecified atom stereocenters. The first-order chi connectivity index (χ1) is 18.4. The topological polar surface area (TPSA) is 133 Å². The van der Waals surface area contributed by atoms with Gasteiger partial charge >= 0.3 is 0 Å². The predicted molar refractivity (Wildman–Crippen MR) is 152 cm³/mol. The van der Waals surface area contributed by atoms with Crippen LogP contribution in [-0.4, -0.2) is 36.6 Å². The summed E-state index contributed by atoms with van der Waals surface area (Å²) in [6, 6.07) is 15.0. The molecule has 0 aliphatic rings. The number of carbonyl (C=O) groups is 1. The number of nitriles is 1. The van der Waals surface area contributed by atoms with Crippen LogP contribution in [0.2, 0.25) is 0 Å². The predicted octanol–water partition coefficient (Wildman–Crippen LogP) is 5.84. The van der Waals surface area contributed by atoms with Crippen LogP contribution in [0.4, 0.5) is 22.9 Å². The lowest BCUT2D eigenvalue weighted by Gasteiger charge is -2.22. The van der Waals surface area contributed by atoms with Crippen LogP contribution in [0.15, 0.2) is 89.0 Å². The van der Waals surface area contributed by atoms with Gasteiger partial charge in [0.1, 0.15) is 17.3 Å². The molecule has 0 aliphatic heterocycles. The van der Waals surface area contributed by atoms with Gasteiger partial charge in [-0.25, -0.2) is 0 Å². The molecule has 1 N–H and O–H groups in total. The zero-order chi connectivity index (χ0) is 28.8. The average Bonchev–Trinajstić information content (AvgIpc) is 3.28. The largest absolute Gasteiger partial charge is 0.364 e. The summed E-state index contributed by atoms with van der Waals surface area (Å²) in [7, 11) is -4.20. The number of carbonyl (C=O) groups excluding carboxylic acids is 1. The minimum absolute atomic E-state index is 0.00778. The maximum atomic E-state index is 13.5. The quantitative estimate of drug-likeness (QED) is 0.251. The normalized spacial score (nSPS) is 11.7. The zero-order valence-corrected chi connectivity index (χ0v) is 23.2. The Morgan fingerprint density at radius 2 is 1.77 bits per heavy atom. The molecular formula is C28H31N7O3S. The second kappa shape index (κ2) is 11.9. The molecule has 0 spiro atoms. The molecule has 0 bridgehead atoms. The maximum Gasteiger partial charge on any atom is 0.285 e. The van der Waals surface area contributed by atoms with Gasteiger partial charge < -0.3 is 10.2 Å². The van der Waals surface area contributed by atoms with Crippen molar-refractivity contribution in [1.82, 2.24) is 9.19 Å². The number of hydrogen-bond donors (Lipinski definition) is 1. The van der Waals surface area contributed by atoms with Crippen molar-refractivity contribution >= 4 is 38.8 Å². The smallest absolute Gasteiger partial charge is 0.285 e. The first-order valence-corrected chi connectivity index (χ1v) is 13.5. The van der Waals surface area contributed by atoms with E-state index in [-0.39, 0.29) is 33.6 Å². The Balaban J connectivity index is 2.22. The van der Waals surface area contributed by atoms with Crippen molar-refractivity contribution in [2.24, 2.45) is 10.2 Å². The number of amides is 1. The highest BCUT2D eigenvalue weighted by molar-refractivity contribution is 7.90. The van der Waals surface area contributed by atoms with E-state index in [0.29, 0.717) is 18.8 Å². The van der Waals surface area contributed by atoms with E-state index in [1.165, 1.54) is 19.1 Å². The molecule has 3 aromatic rings. The van der Waals surface area contributed by atoms with E-state index in [0.717, 1.165) is 9.77 Å². The van der Waals surface area contributed by atoms with Gasteiger partial charge in [0.05, 0.1) is 16.3 Å². The van der Waals surface area contributed by atoms with E-state index in [1.807, 2.05) is 25.7 Å². The number of aromatic nitrogens is 2. The molecule has 0 fully saturated rings. The second-order valence-electron chi connectivity index (χ2n) is 9.64. The zero-order valence-electron chi connectivity index (χ0n) is 22.4. The van der Waals surface area contributed by atoms with Crippen LogP contribution in [0.3, 0.4) is 0 Å². The highest BCUT2D eigenvalue weighted by atomic mass is 32.2. The molecule has 1 heterocycles. The number of benzene rings is 2. The van der Waals surface area contributed by atoms with Gasteiger partial charge in [0.25, 0.3) is 10.0 Å². The number of azo groups is 1. The van der Waals surface area contributed by atoms with Crippen LogP contribution in [0.1, 0.15) is 39.0 Å². The molecule has 202 valence electrons. The van der Waals surface area contributed by atoms with Crippen molar-refractivity contribution in [3.05, 3.63) is 85.1 Å². The van der Waals surface area contributed by atoms with Crippen molar-refractivity contribution in [2.45, 2.75) is 38.0 Å². The summed E-state index contributed by atoms with van der Waals surface area (Å²) in [5, 5.41) is 25.5. The van der Waals surface area contributed by atoms with Crippen molar-refractivity contribution in [2.75, 3.05) is 23.3 Å². The van der Waals surface area contributed by atoms with Crippen LogP contribution >= 0.6 is 0 Å². The number of nitrogens with one attached hydrogen (secondary N) is 1. The van der Waals surface area contributed by atoms with E-state index in [4.69, 9.17) is 0 Å². The van der Waals surface area contributed by atoms with Gasteiger partial charge in [-0.1, -0.05) is 51.1 Å². The van der Waals surface area contributed by atoms with Gasteiger partial charge in [-0.3, -0.25) is 4.79 Å². The average molecular weight is 546 g/mol. The molecule has 1 amide bonds. The van der Waals surface area contributed by atoms with Gasteiger partial charge in [0, 0.05) is 31.1 Å². The van der Waals surface area contributed by atoms with Gasteiger partial charge in [-0.15, -0.1) is 27.5 Å². The number of hydrogen-bond acceptors (Lipinski definition) is 8. The first kappa shape index (κ1) is 29.0. The lowest BCUT2D eigenvalue weighted by molar-refractivity contribution is -0.114. The standard InChI is InChI=1S/C28H31N7O3S/c1-7-16-34(17-8-2)21-14-15-24(25(18-21)30-20(3)36)31-32-27-23(19-29)26(28(4,5)6)33-35(27)39(37,38)22-12-10-9-11-13-22/h7-15,18H,1-2,16-17H2,3-6H3,(H,30,36). The molecule has 1 aromatic heterocycles. The van der Waals surface area contributed by atoms with Crippen LogP contribution < -0.4 is 10.2 Å². The van der Waals surface area contributed by atoms with Crippen molar-refractivity contribution in [3.8, 4) is 6.07 Å². The van der Waals surface area contributed by atoms with E-state index in [2.05, 4.69) is 39.9 Å². The monoisotopic (exact) mass is 545 g/mol. The lowest BCUT2D eigenvalue weighted by Crippen LogP contribution is -2.23. The maximum absolute atomic E-state index is 13.5. The molecule has 0 aliphatic carbocycles. The summed E-state index contributed by atoms with van der Waals surface area (Å²) >= 11 is 0. The highest BCUT2D eigenvalue weighted by Gasteiger charge is 2.32. The van der Waals surface area contributed by atoms with Gasteiger partial charge in [0.15, 0.2) is 0 Å². The molecule has 3 rings (SSSR count). The first-order valence-electron chi connectivity index (χ1n) is 12.1. The molecule has 0 atom stereocenters. The molecule has 39 heavy (non-hydrogen) atoms. The molecule has 11 heteroatoms. The minimum atomic E-state index is -4.20. The summed E-state index contributed by atoms with van der Waals surface area (Å²) in [6.45, 7) is 15.5. The van der Waals surface area contributed by atoms with Gasteiger partial charge in [0.2, 0.25) is 11.7 Å². The number of rotatable bonds is 10. The minimum Gasteiger partial charge on any atom is -0.364 e.